The minimum atomic E-state index is -3.59. The van der Waals surface area contributed by atoms with Crippen LogP contribution in [0.15, 0.2) is 17.2 Å². The second kappa shape index (κ2) is 5.32. The van der Waals surface area contributed by atoms with Crippen molar-refractivity contribution in [3.05, 3.63) is 18.0 Å². The third kappa shape index (κ3) is 3.14. The molecule has 106 valence electrons. The van der Waals surface area contributed by atoms with Gasteiger partial charge in [-0.25, -0.2) is 13.1 Å². The third-order valence-electron chi connectivity index (χ3n) is 3.27. The second-order valence-electron chi connectivity index (χ2n) is 4.75. The molecule has 0 bridgehead atoms. The Morgan fingerprint density at radius 3 is 2.89 bits per heavy atom. The highest BCUT2D eigenvalue weighted by molar-refractivity contribution is 7.89. The van der Waals surface area contributed by atoms with Crippen molar-refractivity contribution in [1.82, 2.24) is 14.6 Å². The molecule has 0 radical (unpaired) electrons. The lowest BCUT2D eigenvalue weighted by Crippen LogP contribution is -2.30. The molecule has 2 heterocycles. The molecule has 1 aliphatic rings. The number of aryl methyl sites for hydroxylation is 1. The van der Waals surface area contributed by atoms with E-state index in [9.17, 15) is 13.2 Å². The summed E-state index contributed by atoms with van der Waals surface area (Å²) in [5.41, 5.74) is 5.33. The van der Waals surface area contributed by atoms with Crippen LogP contribution in [0, 0.1) is 5.92 Å². The van der Waals surface area contributed by atoms with E-state index in [1.54, 1.807) is 7.05 Å². The van der Waals surface area contributed by atoms with Gasteiger partial charge in [0.15, 0.2) is 0 Å². The van der Waals surface area contributed by atoms with Crippen LogP contribution in [-0.2, 0) is 17.1 Å². The highest BCUT2D eigenvalue weighted by Crippen LogP contribution is 2.14. The Balaban J connectivity index is 2.10. The number of nitrogens with one attached hydrogen (secondary N) is 2. The molecule has 1 atom stereocenters. The van der Waals surface area contributed by atoms with Crippen molar-refractivity contribution in [2.24, 2.45) is 18.7 Å². The van der Waals surface area contributed by atoms with Gasteiger partial charge < -0.3 is 15.6 Å². The lowest BCUT2D eigenvalue weighted by molar-refractivity contribution is 0.0992. The topological polar surface area (TPSA) is 106 Å². The van der Waals surface area contributed by atoms with Gasteiger partial charge in [-0.05, 0) is 31.5 Å². The van der Waals surface area contributed by atoms with Crippen molar-refractivity contribution < 1.29 is 13.2 Å². The number of sulfonamides is 1. The Morgan fingerprint density at radius 1 is 1.63 bits per heavy atom. The zero-order valence-corrected chi connectivity index (χ0v) is 11.5. The Bertz CT molecular complexity index is 573. The molecule has 0 aromatic carbocycles. The molecule has 1 aromatic heterocycles. The molecule has 7 nitrogen and oxygen atoms in total. The monoisotopic (exact) mass is 286 g/mol. The number of nitrogens with zero attached hydrogens (tertiary/aromatic N) is 1. The van der Waals surface area contributed by atoms with Crippen molar-refractivity contribution in [1.29, 1.82) is 0 Å². The first-order valence-corrected chi connectivity index (χ1v) is 7.55. The van der Waals surface area contributed by atoms with Crippen molar-refractivity contribution in [3.63, 3.8) is 0 Å². The molecule has 2 rings (SSSR count). The van der Waals surface area contributed by atoms with Crippen molar-refractivity contribution in [2.75, 3.05) is 19.6 Å². The van der Waals surface area contributed by atoms with Gasteiger partial charge in [-0.15, -0.1) is 0 Å². The summed E-state index contributed by atoms with van der Waals surface area (Å²) >= 11 is 0. The summed E-state index contributed by atoms with van der Waals surface area (Å²) in [6.45, 7) is 2.14. The SMILES string of the molecule is Cn1cc(S(=O)(=O)NCC2CCNC2)cc1C(N)=O. The highest BCUT2D eigenvalue weighted by atomic mass is 32.2. The van der Waals surface area contributed by atoms with Crippen LogP contribution in [0.25, 0.3) is 0 Å². The van der Waals surface area contributed by atoms with Crippen molar-refractivity contribution in [2.45, 2.75) is 11.3 Å². The van der Waals surface area contributed by atoms with Crippen molar-refractivity contribution >= 4 is 15.9 Å². The number of amides is 1. The Hall–Kier alpha value is -1.38. The molecule has 1 saturated heterocycles. The van der Waals surface area contributed by atoms with E-state index in [2.05, 4.69) is 10.0 Å². The van der Waals surface area contributed by atoms with Crippen LogP contribution in [-0.4, -0.2) is 38.5 Å². The van der Waals surface area contributed by atoms with Gasteiger partial charge in [-0.1, -0.05) is 0 Å². The fourth-order valence-electron chi connectivity index (χ4n) is 2.13. The zero-order chi connectivity index (χ0) is 14.0. The minimum Gasteiger partial charge on any atom is -0.364 e. The van der Waals surface area contributed by atoms with Crippen LogP contribution < -0.4 is 15.8 Å². The van der Waals surface area contributed by atoms with E-state index in [0.717, 1.165) is 19.5 Å². The zero-order valence-electron chi connectivity index (χ0n) is 10.7. The van der Waals surface area contributed by atoms with E-state index in [4.69, 9.17) is 5.73 Å². The average molecular weight is 286 g/mol. The largest absolute Gasteiger partial charge is 0.364 e. The Morgan fingerprint density at radius 2 is 2.37 bits per heavy atom. The molecule has 8 heteroatoms. The number of primary amides is 1. The van der Waals surface area contributed by atoms with E-state index >= 15 is 0 Å². The maximum Gasteiger partial charge on any atom is 0.265 e. The standard InChI is InChI=1S/C11H18N4O3S/c1-15-7-9(4-10(15)11(12)16)19(17,18)14-6-8-2-3-13-5-8/h4,7-8,13-14H,2-3,5-6H2,1H3,(H2,12,16). The lowest BCUT2D eigenvalue weighted by atomic mass is 10.1. The number of carbonyl (C=O) groups is 1. The van der Waals surface area contributed by atoms with Gasteiger partial charge in [0.25, 0.3) is 5.91 Å². The van der Waals surface area contributed by atoms with Gasteiger partial charge >= 0.3 is 0 Å². The lowest BCUT2D eigenvalue weighted by Gasteiger charge is -2.09. The summed E-state index contributed by atoms with van der Waals surface area (Å²) in [6.07, 6.45) is 2.35. The molecule has 19 heavy (non-hydrogen) atoms. The molecule has 0 saturated carbocycles. The summed E-state index contributed by atoms with van der Waals surface area (Å²) in [7, 11) is -2.01. The number of hydrogen-bond donors (Lipinski definition) is 3. The number of rotatable bonds is 5. The predicted molar refractivity (Wildman–Crippen MR) is 70.1 cm³/mol. The minimum absolute atomic E-state index is 0.0646. The van der Waals surface area contributed by atoms with Gasteiger partial charge in [-0.2, -0.15) is 0 Å². The number of nitrogens with two attached hydrogens (primary N) is 1. The maximum absolute atomic E-state index is 12.1. The molecule has 1 aromatic rings. The van der Waals surface area contributed by atoms with Crippen LogP contribution in [0.3, 0.4) is 0 Å². The van der Waals surface area contributed by atoms with Gasteiger partial charge in [-0.3, -0.25) is 4.79 Å². The molecule has 1 fully saturated rings. The van der Waals surface area contributed by atoms with E-state index in [0.29, 0.717) is 12.5 Å². The molecule has 0 aliphatic carbocycles. The van der Waals surface area contributed by atoms with Crippen LogP contribution in [0.2, 0.25) is 0 Å². The van der Waals surface area contributed by atoms with Crippen LogP contribution in [0.5, 0.6) is 0 Å². The smallest absolute Gasteiger partial charge is 0.265 e. The van der Waals surface area contributed by atoms with E-state index in [-0.39, 0.29) is 10.6 Å². The molecule has 1 amide bonds. The van der Waals surface area contributed by atoms with Crippen LogP contribution in [0.1, 0.15) is 16.9 Å². The quantitative estimate of drug-likeness (QED) is 0.646. The molecule has 4 N–H and O–H groups in total. The van der Waals surface area contributed by atoms with Gasteiger partial charge in [0.1, 0.15) is 10.6 Å². The normalized spacial score (nSPS) is 19.7. The first-order valence-electron chi connectivity index (χ1n) is 6.06. The second-order valence-corrected chi connectivity index (χ2v) is 6.51. The Labute approximate surface area is 112 Å². The first kappa shape index (κ1) is 14.0. The van der Waals surface area contributed by atoms with Crippen LogP contribution >= 0.6 is 0 Å². The summed E-state index contributed by atoms with van der Waals surface area (Å²) in [5, 5.41) is 3.18. The molecule has 0 spiro atoms. The number of carbonyl (C=O) groups excluding carboxylic acids is 1. The number of aromatic nitrogens is 1. The van der Waals surface area contributed by atoms with Crippen molar-refractivity contribution in [3.8, 4) is 0 Å². The molecule has 1 unspecified atom stereocenters. The third-order valence-corrected chi connectivity index (χ3v) is 4.66. The summed E-state index contributed by atoms with van der Waals surface area (Å²) < 4.78 is 28.1. The molecule has 1 aliphatic heterocycles. The fraction of sp³-hybridized carbons (Fsp3) is 0.545. The summed E-state index contributed by atoms with van der Waals surface area (Å²) in [4.78, 5) is 11.2. The fourth-order valence-corrected chi connectivity index (χ4v) is 3.31. The highest BCUT2D eigenvalue weighted by Gasteiger charge is 2.22. The number of hydrogen-bond acceptors (Lipinski definition) is 4. The van der Waals surface area contributed by atoms with Gasteiger partial charge in [0.2, 0.25) is 10.0 Å². The summed E-state index contributed by atoms with van der Waals surface area (Å²) in [5.74, 6) is -0.335. The average Bonchev–Trinajstić information content (AvgIpc) is 2.95. The Kier molecular flexibility index (Phi) is 3.93. The molecular formula is C11H18N4O3S. The van der Waals surface area contributed by atoms with Gasteiger partial charge in [0.05, 0.1) is 0 Å². The van der Waals surface area contributed by atoms with Gasteiger partial charge in [0, 0.05) is 19.8 Å². The van der Waals surface area contributed by atoms with E-state index in [1.807, 2.05) is 0 Å². The maximum atomic E-state index is 12.1. The van der Waals surface area contributed by atoms with E-state index < -0.39 is 15.9 Å². The van der Waals surface area contributed by atoms with Crippen LogP contribution in [0.4, 0.5) is 0 Å². The first-order chi connectivity index (χ1) is 8.90. The molecular weight excluding hydrogens is 268 g/mol. The summed E-state index contributed by atoms with van der Waals surface area (Å²) in [6, 6.07) is 1.29. The van der Waals surface area contributed by atoms with E-state index in [1.165, 1.54) is 16.8 Å². The predicted octanol–water partition coefficient (Wildman–Crippen LogP) is -0.988.